The molecule has 1 aromatic rings. The first-order chi connectivity index (χ1) is 8.46. The van der Waals surface area contributed by atoms with Crippen LogP contribution in [0.15, 0.2) is 24.3 Å². The van der Waals surface area contributed by atoms with Crippen LogP contribution in [0.2, 0.25) is 0 Å². The third-order valence-corrected chi connectivity index (χ3v) is 3.81. The van der Waals surface area contributed by atoms with Gasteiger partial charge in [-0.2, -0.15) is 0 Å². The minimum absolute atomic E-state index is 0.202. The van der Waals surface area contributed by atoms with Crippen LogP contribution in [0.4, 0.5) is 0 Å². The Bertz CT molecular complexity index is 410. The van der Waals surface area contributed by atoms with Crippen molar-refractivity contribution in [3.63, 3.8) is 0 Å². The number of hydrogen-bond donors (Lipinski definition) is 1. The van der Waals surface area contributed by atoms with Gasteiger partial charge in [0.05, 0.1) is 0 Å². The van der Waals surface area contributed by atoms with E-state index in [9.17, 15) is 4.79 Å². The van der Waals surface area contributed by atoms with Crippen molar-refractivity contribution in [1.82, 2.24) is 0 Å². The van der Waals surface area contributed by atoms with Crippen molar-refractivity contribution in [2.75, 3.05) is 0 Å². The third kappa shape index (κ3) is 3.42. The van der Waals surface area contributed by atoms with Gasteiger partial charge in [-0.3, -0.25) is 4.79 Å². The molecular formula is C16H23NO. The van der Waals surface area contributed by atoms with Gasteiger partial charge in [0.1, 0.15) is 0 Å². The molecule has 98 valence electrons. The lowest BCUT2D eigenvalue weighted by atomic mass is 9.80. The van der Waals surface area contributed by atoms with Gasteiger partial charge in [0, 0.05) is 17.5 Å². The highest BCUT2D eigenvalue weighted by molar-refractivity contribution is 5.96. The van der Waals surface area contributed by atoms with E-state index in [0.29, 0.717) is 6.42 Å². The van der Waals surface area contributed by atoms with E-state index in [0.717, 1.165) is 17.9 Å². The number of nitrogens with two attached hydrogens (primary N) is 1. The maximum atomic E-state index is 12.0. The maximum Gasteiger partial charge on any atom is 0.162 e. The molecule has 0 heterocycles. The largest absolute Gasteiger partial charge is 0.326 e. The molecule has 0 amide bonds. The van der Waals surface area contributed by atoms with E-state index < -0.39 is 0 Å². The van der Waals surface area contributed by atoms with E-state index in [1.807, 2.05) is 26.0 Å². The minimum atomic E-state index is -0.262. The molecule has 0 bridgehead atoms. The van der Waals surface area contributed by atoms with Crippen molar-refractivity contribution < 1.29 is 4.79 Å². The smallest absolute Gasteiger partial charge is 0.162 e. The zero-order valence-electron chi connectivity index (χ0n) is 11.4. The summed E-state index contributed by atoms with van der Waals surface area (Å²) in [5.41, 5.74) is 7.84. The molecule has 0 atom stereocenters. The van der Waals surface area contributed by atoms with E-state index >= 15 is 0 Å². The van der Waals surface area contributed by atoms with Crippen LogP contribution in [0.3, 0.4) is 0 Å². The molecule has 2 N–H and O–H groups in total. The molecule has 0 aliphatic heterocycles. The number of carbonyl (C=O) groups excluding carboxylic acids is 1. The Balaban J connectivity index is 1.94. The number of rotatable bonds is 5. The molecule has 0 radical (unpaired) electrons. The highest BCUT2D eigenvalue weighted by atomic mass is 16.1. The van der Waals surface area contributed by atoms with E-state index in [2.05, 4.69) is 12.1 Å². The number of hydrogen-bond acceptors (Lipinski definition) is 2. The monoisotopic (exact) mass is 245 g/mol. The molecule has 1 aliphatic carbocycles. The Hall–Kier alpha value is -1.15. The molecule has 18 heavy (non-hydrogen) atoms. The molecule has 0 saturated heterocycles. The van der Waals surface area contributed by atoms with Gasteiger partial charge in [-0.15, -0.1) is 0 Å². The van der Waals surface area contributed by atoms with Crippen LogP contribution in [-0.2, 0) is 0 Å². The summed E-state index contributed by atoms with van der Waals surface area (Å²) in [6.07, 6.45) is 5.21. The first-order valence-electron chi connectivity index (χ1n) is 6.88. The Morgan fingerprint density at radius 3 is 2.33 bits per heavy atom. The van der Waals surface area contributed by atoms with Crippen LogP contribution in [-0.4, -0.2) is 11.3 Å². The maximum absolute atomic E-state index is 12.0. The molecule has 2 nitrogen and oxygen atoms in total. The number of carbonyl (C=O) groups is 1. The molecule has 0 aromatic heterocycles. The number of benzene rings is 1. The Morgan fingerprint density at radius 2 is 1.89 bits per heavy atom. The van der Waals surface area contributed by atoms with Crippen molar-refractivity contribution in [2.24, 2.45) is 5.73 Å². The summed E-state index contributed by atoms with van der Waals surface area (Å²) in [6, 6.07) is 8.17. The standard InChI is InChI=1S/C16H23NO/c1-16(2,17)11-10-15(18)14-8-6-13(7-9-14)12-4-3-5-12/h6-9,12H,3-5,10-11,17H2,1-2H3. The summed E-state index contributed by atoms with van der Waals surface area (Å²) in [7, 11) is 0. The average molecular weight is 245 g/mol. The van der Waals surface area contributed by atoms with Crippen molar-refractivity contribution in [3.8, 4) is 0 Å². The zero-order chi connectivity index (χ0) is 13.2. The first kappa shape index (κ1) is 13.3. The van der Waals surface area contributed by atoms with E-state index in [1.54, 1.807) is 0 Å². The van der Waals surface area contributed by atoms with Gasteiger partial charge in [0.15, 0.2) is 5.78 Å². The Kier molecular flexibility index (Phi) is 3.86. The molecular weight excluding hydrogens is 222 g/mol. The topological polar surface area (TPSA) is 43.1 Å². The highest BCUT2D eigenvalue weighted by Crippen LogP contribution is 2.36. The summed E-state index contributed by atoms with van der Waals surface area (Å²) in [6.45, 7) is 3.92. The van der Waals surface area contributed by atoms with Crippen molar-refractivity contribution >= 4 is 5.78 Å². The number of Topliss-reactive ketones (excluding diaryl/α,β-unsaturated/α-hetero) is 1. The van der Waals surface area contributed by atoms with Gasteiger partial charge >= 0.3 is 0 Å². The molecule has 2 heteroatoms. The van der Waals surface area contributed by atoms with Gasteiger partial charge in [-0.1, -0.05) is 30.7 Å². The summed E-state index contributed by atoms with van der Waals surface area (Å²) >= 11 is 0. The molecule has 1 fully saturated rings. The fourth-order valence-electron chi connectivity index (χ4n) is 2.26. The fraction of sp³-hybridized carbons (Fsp3) is 0.562. The van der Waals surface area contributed by atoms with Crippen LogP contribution in [0.1, 0.15) is 67.8 Å². The Morgan fingerprint density at radius 1 is 1.28 bits per heavy atom. The van der Waals surface area contributed by atoms with Crippen LogP contribution >= 0.6 is 0 Å². The van der Waals surface area contributed by atoms with E-state index in [-0.39, 0.29) is 11.3 Å². The van der Waals surface area contributed by atoms with E-state index in [1.165, 1.54) is 24.8 Å². The third-order valence-electron chi connectivity index (χ3n) is 3.81. The summed E-state index contributed by atoms with van der Waals surface area (Å²) < 4.78 is 0. The lowest BCUT2D eigenvalue weighted by Gasteiger charge is -2.25. The van der Waals surface area contributed by atoms with Gasteiger partial charge in [-0.25, -0.2) is 0 Å². The van der Waals surface area contributed by atoms with Crippen molar-refractivity contribution in [3.05, 3.63) is 35.4 Å². The van der Waals surface area contributed by atoms with Gasteiger partial charge in [0.25, 0.3) is 0 Å². The molecule has 1 saturated carbocycles. The number of ketones is 1. The normalized spacial score (nSPS) is 16.4. The van der Waals surface area contributed by atoms with Gasteiger partial charge in [-0.05, 0) is 44.6 Å². The lowest BCUT2D eigenvalue weighted by Crippen LogP contribution is -2.32. The minimum Gasteiger partial charge on any atom is -0.326 e. The van der Waals surface area contributed by atoms with E-state index in [4.69, 9.17) is 5.73 Å². The summed E-state index contributed by atoms with van der Waals surface area (Å²) in [5.74, 6) is 0.936. The van der Waals surface area contributed by atoms with Crippen LogP contribution in [0.25, 0.3) is 0 Å². The molecule has 0 unspecified atom stereocenters. The van der Waals surface area contributed by atoms with Gasteiger partial charge < -0.3 is 5.73 Å². The predicted molar refractivity (Wildman–Crippen MR) is 74.9 cm³/mol. The van der Waals surface area contributed by atoms with Crippen LogP contribution in [0.5, 0.6) is 0 Å². The van der Waals surface area contributed by atoms with Crippen LogP contribution < -0.4 is 5.73 Å². The highest BCUT2D eigenvalue weighted by Gasteiger charge is 2.19. The molecule has 1 aromatic carbocycles. The summed E-state index contributed by atoms with van der Waals surface area (Å²) in [4.78, 5) is 12.0. The van der Waals surface area contributed by atoms with Crippen molar-refractivity contribution in [2.45, 2.75) is 57.4 Å². The first-order valence-corrected chi connectivity index (χ1v) is 6.88. The SMILES string of the molecule is CC(C)(N)CCC(=O)c1ccc(C2CCC2)cc1. The molecule has 0 spiro atoms. The Labute approximate surface area is 110 Å². The molecule has 1 aliphatic rings. The quantitative estimate of drug-likeness (QED) is 0.804. The second kappa shape index (κ2) is 5.23. The molecule has 2 rings (SSSR count). The fourth-order valence-corrected chi connectivity index (χ4v) is 2.26. The van der Waals surface area contributed by atoms with Crippen LogP contribution in [0, 0.1) is 0 Å². The van der Waals surface area contributed by atoms with Gasteiger partial charge in [0.2, 0.25) is 0 Å². The zero-order valence-corrected chi connectivity index (χ0v) is 11.4. The average Bonchev–Trinajstić information content (AvgIpc) is 2.23. The van der Waals surface area contributed by atoms with Crippen molar-refractivity contribution in [1.29, 1.82) is 0 Å². The second-order valence-corrected chi connectivity index (χ2v) is 6.16. The summed E-state index contributed by atoms with van der Waals surface area (Å²) in [5, 5.41) is 0. The predicted octanol–water partition coefficient (Wildman–Crippen LogP) is 3.65. The second-order valence-electron chi connectivity index (χ2n) is 6.16. The lowest BCUT2D eigenvalue weighted by molar-refractivity contribution is 0.0972.